The fourth-order valence-electron chi connectivity index (χ4n) is 1.82. The minimum Gasteiger partial charge on any atom is -0.376 e. The van der Waals surface area contributed by atoms with Gasteiger partial charge in [0, 0.05) is 25.5 Å². The SMILES string of the molecule is CC(C)COC1CCC(O)(O)CCC1N. The van der Waals surface area contributed by atoms with E-state index >= 15 is 0 Å². The molecule has 0 aliphatic heterocycles. The number of ether oxygens (including phenoxy) is 1. The second-order valence-electron chi connectivity index (χ2n) is 4.99. The van der Waals surface area contributed by atoms with E-state index in [4.69, 9.17) is 10.5 Å². The van der Waals surface area contributed by atoms with E-state index in [9.17, 15) is 10.2 Å². The molecule has 1 aliphatic carbocycles. The Hall–Kier alpha value is -0.160. The molecule has 1 fully saturated rings. The predicted octanol–water partition coefficient (Wildman–Crippen LogP) is 0.610. The van der Waals surface area contributed by atoms with Crippen LogP contribution in [-0.4, -0.2) is 34.8 Å². The third-order valence-electron chi connectivity index (χ3n) is 2.83. The lowest BCUT2D eigenvalue weighted by atomic mass is 10.1. The highest BCUT2D eigenvalue weighted by Crippen LogP contribution is 2.26. The lowest BCUT2D eigenvalue weighted by molar-refractivity contribution is -0.169. The summed E-state index contributed by atoms with van der Waals surface area (Å²) in [5.41, 5.74) is 5.94. The summed E-state index contributed by atoms with van der Waals surface area (Å²) < 4.78 is 5.68. The summed E-state index contributed by atoms with van der Waals surface area (Å²) in [6.45, 7) is 4.86. The summed E-state index contributed by atoms with van der Waals surface area (Å²) >= 11 is 0. The summed E-state index contributed by atoms with van der Waals surface area (Å²) in [6, 6.07) is -0.0788. The average Bonchev–Trinajstić information content (AvgIpc) is 2.25. The van der Waals surface area contributed by atoms with Crippen molar-refractivity contribution in [1.82, 2.24) is 0 Å². The molecule has 0 aromatic rings. The molecular formula is C11H23NO3. The second kappa shape index (κ2) is 5.25. The summed E-state index contributed by atoms with van der Waals surface area (Å²) in [5, 5.41) is 19.0. The molecule has 4 nitrogen and oxygen atoms in total. The van der Waals surface area contributed by atoms with Gasteiger partial charge in [-0.2, -0.15) is 0 Å². The Morgan fingerprint density at radius 1 is 1.33 bits per heavy atom. The maximum Gasteiger partial charge on any atom is 0.162 e. The highest BCUT2D eigenvalue weighted by molar-refractivity contribution is 4.83. The zero-order chi connectivity index (χ0) is 11.5. The van der Waals surface area contributed by atoms with Crippen LogP contribution in [0.2, 0.25) is 0 Å². The van der Waals surface area contributed by atoms with E-state index < -0.39 is 5.79 Å². The monoisotopic (exact) mass is 217 g/mol. The molecule has 0 amide bonds. The largest absolute Gasteiger partial charge is 0.376 e. The molecule has 1 rings (SSSR count). The molecule has 1 aliphatic rings. The Labute approximate surface area is 91.4 Å². The fourth-order valence-corrected chi connectivity index (χ4v) is 1.82. The van der Waals surface area contributed by atoms with Gasteiger partial charge in [-0.3, -0.25) is 0 Å². The molecule has 0 bridgehead atoms. The summed E-state index contributed by atoms with van der Waals surface area (Å²) in [7, 11) is 0. The van der Waals surface area contributed by atoms with Crippen LogP contribution in [0.3, 0.4) is 0 Å². The van der Waals surface area contributed by atoms with Gasteiger partial charge in [0.15, 0.2) is 5.79 Å². The van der Waals surface area contributed by atoms with Crippen molar-refractivity contribution in [1.29, 1.82) is 0 Å². The van der Waals surface area contributed by atoms with Crippen LogP contribution in [0, 0.1) is 5.92 Å². The van der Waals surface area contributed by atoms with Gasteiger partial charge >= 0.3 is 0 Å². The minimum atomic E-state index is -1.55. The standard InChI is InChI=1S/C11H23NO3/c1-8(2)7-15-10-4-6-11(13,14)5-3-9(10)12/h8-10,13-14H,3-7,12H2,1-2H3. The van der Waals surface area contributed by atoms with Crippen molar-refractivity contribution in [3.05, 3.63) is 0 Å². The average molecular weight is 217 g/mol. The lowest BCUT2D eigenvalue weighted by Gasteiger charge is -2.22. The molecule has 4 heteroatoms. The van der Waals surface area contributed by atoms with Crippen LogP contribution in [0.4, 0.5) is 0 Å². The fraction of sp³-hybridized carbons (Fsp3) is 1.00. The molecule has 90 valence electrons. The van der Waals surface area contributed by atoms with Crippen molar-refractivity contribution in [3.8, 4) is 0 Å². The molecule has 0 radical (unpaired) electrons. The van der Waals surface area contributed by atoms with Crippen LogP contribution in [0.15, 0.2) is 0 Å². The number of nitrogens with two attached hydrogens (primary N) is 1. The molecule has 15 heavy (non-hydrogen) atoms. The van der Waals surface area contributed by atoms with Crippen LogP contribution < -0.4 is 5.73 Å². The van der Waals surface area contributed by atoms with E-state index in [0.717, 1.165) is 0 Å². The highest BCUT2D eigenvalue weighted by Gasteiger charge is 2.32. The van der Waals surface area contributed by atoms with Gasteiger partial charge in [-0.05, 0) is 18.8 Å². The molecule has 1 saturated carbocycles. The number of rotatable bonds is 3. The Kier molecular flexibility index (Phi) is 4.52. The van der Waals surface area contributed by atoms with Crippen LogP contribution in [-0.2, 0) is 4.74 Å². The molecule has 0 spiro atoms. The third-order valence-corrected chi connectivity index (χ3v) is 2.83. The van der Waals surface area contributed by atoms with Gasteiger partial charge in [-0.1, -0.05) is 13.8 Å². The van der Waals surface area contributed by atoms with E-state index in [1.807, 2.05) is 0 Å². The zero-order valence-electron chi connectivity index (χ0n) is 9.65. The first-order valence-corrected chi connectivity index (χ1v) is 5.72. The van der Waals surface area contributed by atoms with Gasteiger partial charge in [0.2, 0.25) is 0 Å². The predicted molar refractivity (Wildman–Crippen MR) is 58.2 cm³/mol. The zero-order valence-corrected chi connectivity index (χ0v) is 9.65. The van der Waals surface area contributed by atoms with Crippen molar-refractivity contribution in [3.63, 3.8) is 0 Å². The Balaban J connectivity index is 2.43. The van der Waals surface area contributed by atoms with Crippen molar-refractivity contribution in [2.75, 3.05) is 6.61 Å². The molecule has 2 atom stereocenters. The number of aliphatic hydroxyl groups is 2. The quantitative estimate of drug-likeness (QED) is 0.478. The van der Waals surface area contributed by atoms with Crippen LogP contribution in [0.5, 0.6) is 0 Å². The van der Waals surface area contributed by atoms with Gasteiger partial charge in [0.25, 0.3) is 0 Å². The first-order valence-electron chi connectivity index (χ1n) is 5.72. The van der Waals surface area contributed by atoms with Crippen molar-refractivity contribution >= 4 is 0 Å². The van der Waals surface area contributed by atoms with Crippen LogP contribution >= 0.6 is 0 Å². The molecule has 4 N–H and O–H groups in total. The van der Waals surface area contributed by atoms with E-state index in [0.29, 0.717) is 38.2 Å². The Morgan fingerprint density at radius 2 is 1.93 bits per heavy atom. The van der Waals surface area contributed by atoms with Crippen molar-refractivity contribution < 1.29 is 14.9 Å². The van der Waals surface area contributed by atoms with E-state index in [1.165, 1.54) is 0 Å². The van der Waals surface area contributed by atoms with E-state index in [2.05, 4.69) is 13.8 Å². The van der Waals surface area contributed by atoms with Gasteiger partial charge in [0.05, 0.1) is 6.10 Å². The maximum absolute atomic E-state index is 9.51. The molecule has 0 aromatic carbocycles. The topological polar surface area (TPSA) is 75.7 Å². The van der Waals surface area contributed by atoms with E-state index in [1.54, 1.807) is 0 Å². The van der Waals surface area contributed by atoms with Gasteiger partial charge in [-0.25, -0.2) is 0 Å². The van der Waals surface area contributed by atoms with Gasteiger partial charge in [0.1, 0.15) is 0 Å². The summed E-state index contributed by atoms with van der Waals surface area (Å²) in [6.07, 6.45) is 1.89. The minimum absolute atomic E-state index is 0.0337. The number of hydrogen-bond donors (Lipinski definition) is 3. The first-order chi connectivity index (χ1) is 6.91. The molecule has 0 aromatic heterocycles. The lowest BCUT2D eigenvalue weighted by Crippen LogP contribution is -2.36. The van der Waals surface area contributed by atoms with Crippen LogP contribution in [0.25, 0.3) is 0 Å². The molecule has 0 saturated heterocycles. The first kappa shape index (κ1) is 12.9. The number of hydrogen-bond acceptors (Lipinski definition) is 4. The maximum atomic E-state index is 9.51. The Morgan fingerprint density at radius 3 is 2.53 bits per heavy atom. The van der Waals surface area contributed by atoms with Crippen molar-refractivity contribution in [2.24, 2.45) is 11.7 Å². The summed E-state index contributed by atoms with van der Waals surface area (Å²) in [5.74, 6) is -1.07. The third kappa shape index (κ3) is 4.47. The van der Waals surface area contributed by atoms with Gasteiger partial charge in [-0.15, -0.1) is 0 Å². The van der Waals surface area contributed by atoms with E-state index in [-0.39, 0.29) is 12.1 Å². The normalized spacial score (nSPS) is 31.6. The molecule has 0 heterocycles. The molecule has 2 unspecified atom stereocenters. The van der Waals surface area contributed by atoms with Crippen molar-refractivity contribution in [2.45, 2.75) is 57.5 Å². The van der Waals surface area contributed by atoms with Gasteiger partial charge < -0.3 is 20.7 Å². The second-order valence-corrected chi connectivity index (χ2v) is 4.99. The Bertz CT molecular complexity index is 194. The van der Waals surface area contributed by atoms with Crippen LogP contribution in [0.1, 0.15) is 39.5 Å². The summed E-state index contributed by atoms with van der Waals surface area (Å²) in [4.78, 5) is 0. The molecular weight excluding hydrogens is 194 g/mol. The smallest absolute Gasteiger partial charge is 0.162 e. The highest BCUT2D eigenvalue weighted by atomic mass is 16.5.